The Kier molecular flexibility index (Phi) is 17.1. The second-order valence-electron chi connectivity index (χ2n) is 18.7. The number of benzene rings is 4. The van der Waals surface area contributed by atoms with E-state index in [9.17, 15) is 0 Å². The van der Waals surface area contributed by atoms with Crippen LogP contribution in [0.2, 0.25) is 13.1 Å². The summed E-state index contributed by atoms with van der Waals surface area (Å²) in [5.41, 5.74) is 11.9. The largest absolute Gasteiger partial charge is 1.00 e. The summed E-state index contributed by atoms with van der Waals surface area (Å²) < 4.78 is 0. The molecule has 0 saturated heterocycles. The smallest absolute Gasteiger partial charge is 1.00 e. The van der Waals surface area contributed by atoms with Crippen molar-refractivity contribution in [3.63, 3.8) is 0 Å². The van der Waals surface area contributed by atoms with Crippen molar-refractivity contribution >= 4 is 27.0 Å². The van der Waals surface area contributed by atoms with Gasteiger partial charge in [-0.1, -0.05) is 165 Å². The van der Waals surface area contributed by atoms with E-state index in [2.05, 4.69) is 164 Å². The van der Waals surface area contributed by atoms with Gasteiger partial charge in [-0.05, 0) is 57.8 Å². The zero-order valence-electron chi connectivity index (χ0n) is 35.4. The summed E-state index contributed by atoms with van der Waals surface area (Å²) >= 11 is 1.74. The molecular weight excluding hydrogens is 815 g/mol. The third-order valence-corrected chi connectivity index (χ3v) is 11.7. The third kappa shape index (κ3) is 12.4. The van der Waals surface area contributed by atoms with E-state index in [0.717, 1.165) is 11.8 Å². The molecule has 2 fully saturated rings. The van der Waals surface area contributed by atoms with Crippen LogP contribution in [0.15, 0.2) is 109 Å². The van der Waals surface area contributed by atoms with Gasteiger partial charge in [0, 0.05) is 0 Å². The number of hydrogen-bond acceptors (Lipinski definition) is 0. The van der Waals surface area contributed by atoms with Gasteiger partial charge in [0.2, 0.25) is 0 Å². The fourth-order valence-electron chi connectivity index (χ4n) is 8.73. The Hall–Kier alpha value is -2.22. The second-order valence-corrected chi connectivity index (χ2v) is 28.1. The molecule has 0 spiro atoms. The Morgan fingerprint density at radius 2 is 0.857 bits per heavy atom. The molecule has 2 saturated carbocycles. The predicted molar refractivity (Wildman–Crippen MR) is 236 cm³/mol. The van der Waals surface area contributed by atoms with Gasteiger partial charge in [-0.2, -0.15) is 12.1 Å². The molecule has 6 aromatic rings. The van der Waals surface area contributed by atoms with Gasteiger partial charge >= 0.3 is 41.9 Å². The van der Waals surface area contributed by atoms with Crippen LogP contribution in [0.4, 0.5) is 0 Å². The van der Waals surface area contributed by atoms with E-state index < -0.39 is 0 Å². The van der Waals surface area contributed by atoms with Crippen molar-refractivity contribution in [1.29, 1.82) is 0 Å². The first-order valence-electron chi connectivity index (χ1n) is 20.8. The molecule has 0 radical (unpaired) electrons. The Morgan fingerprint density at radius 3 is 1.16 bits per heavy atom. The van der Waals surface area contributed by atoms with Gasteiger partial charge < -0.3 is 24.8 Å². The molecule has 6 aromatic carbocycles. The Balaban J connectivity index is 0.000000220. The second kappa shape index (κ2) is 20.7. The van der Waals surface area contributed by atoms with Gasteiger partial charge in [-0.3, -0.25) is 0 Å². The van der Waals surface area contributed by atoms with Gasteiger partial charge in [0.25, 0.3) is 0 Å². The van der Waals surface area contributed by atoms with Gasteiger partial charge in [-0.15, -0.1) is 69.1 Å². The van der Waals surface area contributed by atoms with Gasteiger partial charge in [-0.25, -0.2) is 0 Å². The monoisotopic (exact) mass is 876 g/mol. The van der Waals surface area contributed by atoms with Crippen molar-refractivity contribution in [3.05, 3.63) is 131 Å². The van der Waals surface area contributed by atoms with E-state index in [4.69, 9.17) is 0 Å². The van der Waals surface area contributed by atoms with Crippen LogP contribution in [0.1, 0.15) is 115 Å². The van der Waals surface area contributed by atoms with E-state index in [1.807, 2.05) is 0 Å². The van der Waals surface area contributed by atoms with Crippen molar-refractivity contribution in [2.24, 2.45) is 11.8 Å². The number of hydrogen-bond donors (Lipinski definition) is 0. The topological polar surface area (TPSA) is 0 Å². The van der Waals surface area contributed by atoms with Crippen LogP contribution in [0.3, 0.4) is 0 Å². The van der Waals surface area contributed by atoms with E-state index in [0.29, 0.717) is 0 Å². The van der Waals surface area contributed by atoms with Gasteiger partial charge in [0.05, 0.1) is 0 Å². The molecule has 0 aromatic heterocycles. The van der Waals surface area contributed by atoms with E-state index >= 15 is 0 Å². The van der Waals surface area contributed by atoms with Crippen molar-refractivity contribution < 1.29 is 48.1 Å². The molecule has 0 aliphatic heterocycles. The zero-order valence-corrected chi connectivity index (χ0v) is 40.3. The van der Waals surface area contributed by atoms with E-state index in [1.165, 1.54) is 130 Å². The minimum Gasteiger partial charge on any atom is -1.00 e. The molecule has 0 unspecified atom stereocenters. The first-order valence-corrected chi connectivity index (χ1v) is 27.0. The Morgan fingerprint density at radius 1 is 0.536 bits per heavy atom. The SMILES string of the molecule is CC(C)(C)c1ccc(-c2cccc3[cH-]c(CC4CCCC4)cc23)cc1.CC(C)(C)c1ccc(-c2cccc3[cH-]c(CC4CCCC4)cc23)cc1.C[Si](C)=[Zr+2].[Cl-].[Cl-]. The summed E-state index contributed by atoms with van der Waals surface area (Å²) in [5, 5.41) is 5.62. The molecule has 2 aliphatic carbocycles. The molecule has 8 rings (SSSR count). The maximum absolute atomic E-state index is 2.45. The molecule has 0 N–H and O–H groups in total. The minimum atomic E-state index is 0. The summed E-state index contributed by atoms with van der Waals surface area (Å²) in [7, 11) is 0. The summed E-state index contributed by atoms with van der Waals surface area (Å²) in [6.07, 6.45) is 13.9. The van der Waals surface area contributed by atoms with Gasteiger partial charge in [0.1, 0.15) is 0 Å². The Bertz CT molecular complexity index is 1970. The average Bonchev–Trinajstić information content (AvgIpc) is 3.96. The average molecular weight is 879 g/mol. The summed E-state index contributed by atoms with van der Waals surface area (Å²) in [5.74, 6) is 1.82. The number of fused-ring (bicyclic) bond motifs is 2. The molecule has 0 atom stereocenters. The fraction of sp³-hybridized carbons (Fsp3) is 0.423. The van der Waals surface area contributed by atoms with Crippen molar-refractivity contribution in [3.8, 4) is 22.3 Å². The van der Waals surface area contributed by atoms with Gasteiger partial charge in [0.15, 0.2) is 0 Å². The normalized spacial score (nSPS) is 14.8. The first kappa shape index (κ1) is 46.5. The standard InChI is InChI=1S/2C25H29.C2H6Si.2ClH.Zr/c2*1-25(2,3)22-13-11-20(12-14-22)23-10-6-9-21-16-19(17-24(21)23)15-18-7-4-5-8-18;1-3-2;;;/h2*6,9-14,16-18H,4-5,7-8,15H2,1-3H3;1-2H3;2*1H;/q2*-1;;;;+2/p-2. The molecule has 56 heavy (non-hydrogen) atoms. The van der Waals surface area contributed by atoms with E-state index in [-0.39, 0.29) is 41.1 Å². The minimum absolute atomic E-state index is 0. The number of halogens is 2. The van der Waals surface area contributed by atoms with E-state index in [1.54, 1.807) is 23.3 Å². The molecule has 4 heteroatoms. The predicted octanol–water partition coefficient (Wildman–Crippen LogP) is 9.30. The molecule has 0 heterocycles. The van der Waals surface area contributed by atoms with Crippen LogP contribution in [0, 0.1) is 11.8 Å². The molecule has 296 valence electrons. The zero-order chi connectivity index (χ0) is 38.5. The molecule has 0 amide bonds. The quantitative estimate of drug-likeness (QED) is 0.116. The fourth-order valence-corrected chi connectivity index (χ4v) is 8.73. The molecular formula is C52H64Cl2SiZr-2. The van der Waals surface area contributed by atoms with Crippen molar-refractivity contribution in [2.75, 3.05) is 0 Å². The summed E-state index contributed by atoms with van der Waals surface area (Å²) in [4.78, 5) is 0. The third-order valence-electron chi connectivity index (χ3n) is 11.7. The number of rotatable bonds is 6. The maximum Gasteiger partial charge on any atom is -1.00 e. The maximum atomic E-state index is 2.45. The molecule has 0 nitrogen and oxygen atoms in total. The summed E-state index contributed by atoms with van der Waals surface area (Å²) in [6.45, 7) is 18.3. The van der Waals surface area contributed by atoms with Crippen LogP contribution in [-0.2, 0) is 47.0 Å². The van der Waals surface area contributed by atoms with Crippen molar-refractivity contribution in [2.45, 2.75) is 130 Å². The van der Waals surface area contributed by atoms with Crippen LogP contribution < -0.4 is 24.8 Å². The van der Waals surface area contributed by atoms with Crippen LogP contribution in [0.5, 0.6) is 0 Å². The van der Waals surface area contributed by atoms with Crippen molar-refractivity contribution in [1.82, 2.24) is 0 Å². The van der Waals surface area contributed by atoms with Crippen LogP contribution >= 0.6 is 0 Å². The van der Waals surface area contributed by atoms with Crippen LogP contribution in [-0.4, -0.2) is 5.43 Å². The summed E-state index contributed by atoms with van der Waals surface area (Å²) in [6, 6.07) is 41.5. The molecule has 0 bridgehead atoms. The Labute approximate surface area is 367 Å². The first-order chi connectivity index (χ1) is 25.7. The molecule has 2 aliphatic rings. The van der Waals surface area contributed by atoms with Crippen LogP contribution in [0.25, 0.3) is 43.8 Å².